The number of benzene rings is 1. The summed E-state index contributed by atoms with van der Waals surface area (Å²) < 4.78 is 13.8. The molecule has 1 saturated carbocycles. The number of amides is 2. The number of hydrogen-bond donors (Lipinski definition) is 1. The summed E-state index contributed by atoms with van der Waals surface area (Å²) in [6, 6.07) is 4.82. The summed E-state index contributed by atoms with van der Waals surface area (Å²) in [5, 5.41) is 0.820. The highest BCUT2D eigenvalue weighted by Gasteiger charge is 2.55. The number of carbonyl (C=O) groups is 2. The van der Waals surface area contributed by atoms with E-state index in [0.717, 1.165) is 47.8 Å². The number of piperazine rings is 1. The van der Waals surface area contributed by atoms with Crippen LogP contribution >= 0.6 is 0 Å². The van der Waals surface area contributed by atoms with E-state index < -0.39 is 5.54 Å². The molecule has 2 amide bonds. The summed E-state index contributed by atoms with van der Waals surface area (Å²) in [5.41, 5.74) is 1.51. The fourth-order valence-electron chi connectivity index (χ4n) is 5.34. The van der Waals surface area contributed by atoms with E-state index in [0.29, 0.717) is 13.0 Å². The largest absolute Gasteiger partial charge is 0.356 e. The van der Waals surface area contributed by atoms with Gasteiger partial charge in [0, 0.05) is 23.5 Å². The highest BCUT2D eigenvalue weighted by atomic mass is 19.1. The minimum Gasteiger partial charge on any atom is -0.356 e. The first-order valence-corrected chi connectivity index (χ1v) is 9.92. The summed E-state index contributed by atoms with van der Waals surface area (Å²) in [6.45, 7) is 2.53. The Morgan fingerprint density at radius 1 is 1.19 bits per heavy atom. The summed E-state index contributed by atoms with van der Waals surface area (Å²) in [5.74, 6) is -0.271. The molecule has 142 valence electrons. The molecule has 1 aromatic heterocycles. The summed E-state index contributed by atoms with van der Waals surface area (Å²) >= 11 is 0. The van der Waals surface area contributed by atoms with Crippen molar-refractivity contribution in [3.05, 3.63) is 35.3 Å². The monoisotopic (exact) mass is 369 g/mol. The number of halogens is 1. The minimum absolute atomic E-state index is 0.00183. The number of nitrogens with one attached hydrogen (secondary N) is 1. The van der Waals surface area contributed by atoms with E-state index >= 15 is 0 Å². The second-order valence-electron chi connectivity index (χ2n) is 8.26. The van der Waals surface area contributed by atoms with E-state index in [1.807, 2.05) is 11.8 Å². The molecule has 27 heavy (non-hydrogen) atoms. The molecule has 0 bridgehead atoms. The lowest BCUT2D eigenvalue weighted by Gasteiger charge is -2.51. The molecule has 0 spiro atoms. The van der Waals surface area contributed by atoms with Crippen molar-refractivity contribution < 1.29 is 14.0 Å². The molecule has 5 rings (SSSR count). The molecule has 1 aliphatic carbocycles. The molecule has 5 nitrogen and oxygen atoms in total. The molecule has 1 saturated heterocycles. The highest BCUT2D eigenvalue weighted by molar-refractivity contribution is 6.00. The molecular weight excluding hydrogens is 345 g/mol. The van der Waals surface area contributed by atoms with Crippen molar-refractivity contribution in [2.45, 2.75) is 57.0 Å². The average Bonchev–Trinajstić information content (AvgIpc) is 3.05. The highest BCUT2D eigenvalue weighted by Crippen LogP contribution is 2.43. The van der Waals surface area contributed by atoms with Gasteiger partial charge in [0.05, 0.1) is 5.69 Å². The summed E-state index contributed by atoms with van der Waals surface area (Å²) in [4.78, 5) is 33.5. The summed E-state index contributed by atoms with van der Waals surface area (Å²) in [6.07, 6.45) is 6.00. The Balaban J connectivity index is 1.64. The number of rotatable bonds is 1. The maximum atomic E-state index is 13.8. The molecule has 6 heteroatoms. The zero-order valence-corrected chi connectivity index (χ0v) is 15.6. The van der Waals surface area contributed by atoms with Crippen LogP contribution in [0.5, 0.6) is 0 Å². The van der Waals surface area contributed by atoms with E-state index in [1.54, 1.807) is 11.0 Å². The number of aromatic nitrogens is 1. The summed E-state index contributed by atoms with van der Waals surface area (Å²) in [7, 11) is 0. The van der Waals surface area contributed by atoms with Gasteiger partial charge in [-0.2, -0.15) is 0 Å². The third kappa shape index (κ3) is 2.28. The Bertz CT molecular complexity index is 946. The van der Waals surface area contributed by atoms with Crippen molar-refractivity contribution in [3.8, 4) is 0 Å². The van der Waals surface area contributed by atoms with Crippen LogP contribution in [-0.4, -0.2) is 45.7 Å². The predicted molar refractivity (Wildman–Crippen MR) is 99.6 cm³/mol. The Hall–Kier alpha value is -2.37. The van der Waals surface area contributed by atoms with Gasteiger partial charge in [0.2, 0.25) is 5.91 Å². The van der Waals surface area contributed by atoms with Crippen LogP contribution in [0.4, 0.5) is 4.39 Å². The smallest absolute Gasteiger partial charge is 0.255 e. The van der Waals surface area contributed by atoms with Gasteiger partial charge in [-0.3, -0.25) is 9.59 Å². The van der Waals surface area contributed by atoms with Crippen LogP contribution in [0.25, 0.3) is 10.9 Å². The molecular formula is C21H24FN3O2. The van der Waals surface area contributed by atoms with E-state index in [-0.39, 0.29) is 30.2 Å². The zero-order valence-electron chi connectivity index (χ0n) is 15.6. The fraction of sp³-hybridized carbons (Fsp3) is 0.524. The van der Waals surface area contributed by atoms with Crippen LogP contribution < -0.4 is 0 Å². The molecule has 0 unspecified atom stereocenters. The second kappa shape index (κ2) is 5.81. The molecule has 2 aliphatic heterocycles. The van der Waals surface area contributed by atoms with Gasteiger partial charge in [0.1, 0.15) is 12.4 Å². The predicted octanol–water partition coefficient (Wildman–Crippen LogP) is 3.08. The first-order chi connectivity index (χ1) is 13.0. The molecule has 0 radical (unpaired) electrons. The Labute approximate surface area is 157 Å². The van der Waals surface area contributed by atoms with Crippen LogP contribution in [0.2, 0.25) is 0 Å². The number of fused-ring (bicyclic) bond motifs is 5. The fourth-order valence-corrected chi connectivity index (χ4v) is 5.34. The number of carbonyl (C=O) groups excluding carboxylic acids is 2. The van der Waals surface area contributed by atoms with Crippen molar-refractivity contribution in [2.24, 2.45) is 0 Å². The number of hydrogen-bond acceptors (Lipinski definition) is 2. The Morgan fingerprint density at radius 3 is 2.74 bits per heavy atom. The third-order valence-electron chi connectivity index (χ3n) is 6.78. The first kappa shape index (κ1) is 16.8. The first-order valence-electron chi connectivity index (χ1n) is 9.92. The molecule has 1 aromatic carbocycles. The van der Waals surface area contributed by atoms with Crippen molar-refractivity contribution in [1.29, 1.82) is 0 Å². The van der Waals surface area contributed by atoms with Crippen molar-refractivity contribution in [1.82, 2.24) is 14.8 Å². The van der Waals surface area contributed by atoms with Crippen LogP contribution in [0.1, 0.15) is 50.3 Å². The Kier molecular flexibility index (Phi) is 3.61. The number of H-pyrrole nitrogens is 1. The van der Waals surface area contributed by atoms with Gasteiger partial charge in [-0.25, -0.2) is 4.39 Å². The van der Waals surface area contributed by atoms with Gasteiger partial charge in [-0.15, -0.1) is 0 Å². The molecule has 1 N–H and O–H groups in total. The average molecular weight is 369 g/mol. The molecule has 2 aromatic rings. The van der Waals surface area contributed by atoms with Crippen LogP contribution in [-0.2, 0) is 21.5 Å². The van der Waals surface area contributed by atoms with Gasteiger partial charge >= 0.3 is 0 Å². The van der Waals surface area contributed by atoms with Gasteiger partial charge in [0.15, 0.2) is 5.54 Å². The maximum Gasteiger partial charge on any atom is 0.255 e. The minimum atomic E-state index is -1.03. The van der Waals surface area contributed by atoms with Crippen LogP contribution in [0.3, 0.4) is 0 Å². The quantitative estimate of drug-likeness (QED) is 0.840. The molecule has 3 aliphatic rings. The molecule has 3 heterocycles. The molecule has 2 fully saturated rings. The van der Waals surface area contributed by atoms with Crippen LogP contribution in [0, 0.1) is 5.82 Å². The van der Waals surface area contributed by atoms with Gasteiger partial charge in [-0.05, 0) is 49.9 Å². The van der Waals surface area contributed by atoms with Crippen LogP contribution in [0.15, 0.2) is 18.2 Å². The van der Waals surface area contributed by atoms with E-state index in [1.165, 1.54) is 18.6 Å². The topological polar surface area (TPSA) is 56.4 Å². The van der Waals surface area contributed by atoms with E-state index in [9.17, 15) is 14.0 Å². The van der Waals surface area contributed by atoms with E-state index in [2.05, 4.69) is 4.98 Å². The lowest BCUT2D eigenvalue weighted by Crippen LogP contribution is -2.68. The van der Waals surface area contributed by atoms with Gasteiger partial charge in [0.25, 0.3) is 5.91 Å². The number of aromatic amines is 1. The maximum absolute atomic E-state index is 13.8. The van der Waals surface area contributed by atoms with Crippen molar-refractivity contribution in [2.75, 3.05) is 13.1 Å². The zero-order chi connectivity index (χ0) is 18.8. The lowest BCUT2D eigenvalue weighted by atomic mass is 9.82. The van der Waals surface area contributed by atoms with E-state index in [4.69, 9.17) is 0 Å². The van der Waals surface area contributed by atoms with Gasteiger partial charge in [-0.1, -0.05) is 19.3 Å². The van der Waals surface area contributed by atoms with Gasteiger partial charge < -0.3 is 14.8 Å². The SMILES string of the molecule is C[C@@]12C(=O)N(C3CCCCC3)CC(=O)N1CCc1c2[nH]c2ccc(F)cc12. The number of nitrogens with zero attached hydrogens (tertiary/aromatic N) is 2. The Morgan fingerprint density at radius 2 is 1.96 bits per heavy atom. The second-order valence-corrected chi connectivity index (χ2v) is 8.26. The standard InChI is InChI=1S/C21H24FN3O2/c1-21-19-15(16-11-13(22)7-8-17(16)23-19)9-10-25(21)18(26)12-24(20(21)27)14-5-3-2-4-6-14/h7-8,11,14,23H,2-6,9-10,12H2,1H3/t21-/m1/s1. The molecule has 1 atom stereocenters. The third-order valence-corrected chi connectivity index (χ3v) is 6.78. The van der Waals surface area contributed by atoms with Crippen molar-refractivity contribution in [3.63, 3.8) is 0 Å². The van der Waals surface area contributed by atoms with Crippen molar-refractivity contribution >= 4 is 22.7 Å². The normalized spacial score (nSPS) is 26.4. The lowest BCUT2D eigenvalue weighted by molar-refractivity contribution is -0.169.